The van der Waals surface area contributed by atoms with Crippen LogP contribution in [0.1, 0.15) is 19.5 Å². The normalized spacial score (nSPS) is 16.1. The van der Waals surface area contributed by atoms with Gasteiger partial charge in [-0.25, -0.2) is 9.37 Å². The van der Waals surface area contributed by atoms with Crippen molar-refractivity contribution in [1.29, 1.82) is 0 Å². The third kappa shape index (κ3) is 4.20. The molecule has 186 valence electrons. The first-order chi connectivity index (χ1) is 17.9. The number of imidazole rings is 1. The molecule has 0 unspecified atom stereocenters. The molecule has 5 aromatic rings. The van der Waals surface area contributed by atoms with Crippen LogP contribution >= 0.6 is 0 Å². The maximum atomic E-state index is 14.1. The lowest BCUT2D eigenvalue weighted by Crippen LogP contribution is -2.53. The number of carbonyl (C=O) groups excluding carboxylic acids is 1. The van der Waals surface area contributed by atoms with Crippen LogP contribution in [0.2, 0.25) is 0 Å². The molecule has 0 spiro atoms. The molecule has 1 aliphatic heterocycles. The topological polar surface area (TPSA) is 53.7 Å². The molecule has 0 N–H and O–H groups in total. The van der Waals surface area contributed by atoms with Crippen molar-refractivity contribution in [3.05, 3.63) is 84.6 Å². The Morgan fingerprint density at radius 1 is 1.00 bits per heavy atom. The zero-order valence-corrected chi connectivity index (χ0v) is 21.1. The number of amides is 1. The van der Waals surface area contributed by atoms with Gasteiger partial charge in [0, 0.05) is 61.1 Å². The summed E-state index contributed by atoms with van der Waals surface area (Å²) in [5.41, 5.74) is 7.62. The Kier molecular flexibility index (Phi) is 5.63. The summed E-state index contributed by atoms with van der Waals surface area (Å²) in [6.45, 7) is 8.09. The van der Waals surface area contributed by atoms with E-state index in [9.17, 15) is 9.18 Å². The number of piperazine rings is 1. The van der Waals surface area contributed by atoms with Gasteiger partial charge in [-0.1, -0.05) is 12.1 Å². The predicted molar refractivity (Wildman–Crippen MR) is 145 cm³/mol. The van der Waals surface area contributed by atoms with Gasteiger partial charge in [-0.3, -0.25) is 14.2 Å². The third-order valence-corrected chi connectivity index (χ3v) is 7.29. The van der Waals surface area contributed by atoms with Crippen molar-refractivity contribution in [2.24, 2.45) is 0 Å². The lowest BCUT2D eigenvalue weighted by molar-refractivity contribution is -0.131. The molecule has 1 atom stereocenters. The van der Waals surface area contributed by atoms with Crippen LogP contribution in [0, 0.1) is 12.7 Å². The predicted octanol–water partition coefficient (Wildman–Crippen LogP) is 5.72. The van der Waals surface area contributed by atoms with Crippen LogP contribution in [-0.2, 0) is 4.79 Å². The molecule has 0 radical (unpaired) electrons. The molecule has 1 fully saturated rings. The van der Waals surface area contributed by atoms with E-state index < -0.39 is 0 Å². The standard InChI is InChI=1S/C30H28FN5O/c1-19-14-27(26-16-24(31)6-9-28(26)33-19)29-17-32-30-15-23(10-11-36(29)30)22-4-7-25(8-5-22)34-12-13-35(21(3)37)20(2)18-34/h4-11,14-17,20H,12-13,18H2,1-3H3/t20-/m0/s1. The Labute approximate surface area is 215 Å². The fraction of sp³-hybridized carbons (Fsp3) is 0.233. The fourth-order valence-electron chi connectivity index (χ4n) is 5.43. The van der Waals surface area contributed by atoms with Gasteiger partial charge in [0.25, 0.3) is 0 Å². The van der Waals surface area contributed by atoms with Crippen molar-refractivity contribution in [3.8, 4) is 22.4 Å². The summed E-state index contributed by atoms with van der Waals surface area (Å²) < 4.78 is 16.1. The van der Waals surface area contributed by atoms with Gasteiger partial charge in [0.2, 0.25) is 5.91 Å². The number of aromatic nitrogens is 3. The van der Waals surface area contributed by atoms with Gasteiger partial charge in [0.05, 0.1) is 17.4 Å². The Bertz CT molecular complexity index is 1640. The molecule has 1 amide bonds. The van der Waals surface area contributed by atoms with Crippen molar-refractivity contribution >= 4 is 28.1 Å². The number of halogens is 1. The largest absolute Gasteiger partial charge is 0.368 e. The molecular weight excluding hydrogens is 465 g/mol. The van der Waals surface area contributed by atoms with E-state index >= 15 is 0 Å². The number of nitrogens with zero attached hydrogens (tertiary/aromatic N) is 5. The van der Waals surface area contributed by atoms with Gasteiger partial charge in [-0.15, -0.1) is 0 Å². The maximum Gasteiger partial charge on any atom is 0.219 e. The van der Waals surface area contributed by atoms with Crippen LogP contribution < -0.4 is 4.90 Å². The Hall–Kier alpha value is -4.26. The first kappa shape index (κ1) is 23.2. The number of carbonyl (C=O) groups is 1. The molecule has 6 rings (SSSR count). The van der Waals surface area contributed by atoms with E-state index in [0.717, 1.165) is 69.9 Å². The lowest BCUT2D eigenvalue weighted by Gasteiger charge is -2.40. The number of hydrogen-bond acceptors (Lipinski definition) is 4. The van der Waals surface area contributed by atoms with Gasteiger partial charge in [0.15, 0.2) is 0 Å². The molecule has 7 heteroatoms. The monoisotopic (exact) mass is 493 g/mol. The van der Waals surface area contributed by atoms with Crippen LogP contribution in [0.4, 0.5) is 10.1 Å². The zero-order chi connectivity index (χ0) is 25.7. The van der Waals surface area contributed by atoms with Crippen LogP contribution in [0.5, 0.6) is 0 Å². The molecule has 37 heavy (non-hydrogen) atoms. The quantitative estimate of drug-likeness (QED) is 0.323. The summed E-state index contributed by atoms with van der Waals surface area (Å²) in [6, 6.07) is 19.6. The number of pyridine rings is 2. The number of hydrogen-bond donors (Lipinski definition) is 0. The van der Waals surface area contributed by atoms with E-state index in [2.05, 4.69) is 58.2 Å². The van der Waals surface area contributed by atoms with E-state index in [4.69, 9.17) is 0 Å². The lowest BCUT2D eigenvalue weighted by atomic mass is 10.0. The van der Waals surface area contributed by atoms with Crippen LogP contribution in [0.15, 0.2) is 73.1 Å². The second-order valence-corrected chi connectivity index (χ2v) is 9.81. The van der Waals surface area contributed by atoms with Gasteiger partial charge >= 0.3 is 0 Å². The van der Waals surface area contributed by atoms with Crippen molar-refractivity contribution in [1.82, 2.24) is 19.3 Å². The average molecular weight is 494 g/mol. The SMILES string of the molecule is CC(=O)N1CCN(c2ccc(-c3ccn4c(-c5cc(C)nc6ccc(F)cc56)cnc4c3)cc2)C[C@@H]1C. The number of benzene rings is 2. The minimum Gasteiger partial charge on any atom is -0.368 e. The highest BCUT2D eigenvalue weighted by Gasteiger charge is 2.25. The van der Waals surface area contributed by atoms with E-state index in [-0.39, 0.29) is 17.8 Å². The summed E-state index contributed by atoms with van der Waals surface area (Å²) in [4.78, 5) is 25.3. The fourth-order valence-corrected chi connectivity index (χ4v) is 5.43. The van der Waals surface area contributed by atoms with E-state index in [1.54, 1.807) is 13.0 Å². The Morgan fingerprint density at radius 3 is 2.57 bits per heavy atom. The number of anilines is 1. The van der Waals surface area contributed by atoms with Crippen molar-refractivity contribution in [3.63, 3.8) is 0 Å². The van der Waals surface area contributed by atoms with Crippen LogP contribution in [-0.4, -0.2) is 50.9 Å². The highest BCUT2D eigenvalue weighted by Crippen LogP contribution is 2.32. The van der Waals surface area contributed by atoms with Gasteiger partial charge < -0.3 is 9.80 Å². The highest BCUT2D eigenvalue weighted by atomic mass is 19.1. The van der Waals surface area contributed by atoms with Gasteiger partial charge in [-0.2, -0.15) is 0 Å². The zero-order valence-electron chi connectivity index (χ0n) is 21.1. The molecule has 0 aliphatic carbocycles. The van der Waals surface area contributed by atoms with E-state index in [0.29, 0.717) is 0 Å². The summed E-state index contributed by atoms with van der Waals surface area (Å²) in [7, 11) is 0. The summed E-state index contributed by atoms with van der Waals surface area (Å²) in [5, 5.41) is 0.769. The molecular formula is C30H28FN5O. The number of rotatable bonds is 3. The number of fused-ring (bicyclic) bond motifs is 2. The molecule has 0 saturated carbocycles. The maximum absolute atomic E-state index is 14.1. The van der Waals surface area contributed by atoms with E-state index in [1.165, 1.54) is 12.1 Å². The molecule has 3 aromatic heterocycles. The third-order valence-electron chi connectivity index (χ3n) is 7.29. The first-order valence-electron chi connectivity index (χ1n) is 12.5. The second kappa shape index (κ2) is 9.00. The molecule has 0 bridgehead atoms. The molecule has 6 nitrogen and oxygen atoms in total. The van der Waals surface area contributed by atoms with Crippen molar-refractivity contribution in [2.75, 3.05) is 24.5 Å². The molecule has 4 heterocycles. The number of aryl methyl sites for hydroxylation is 1. The first-order valence-corrected chi connectivity index (χ1v) is 12.5. The summed E-state index contributed by atoms with van der Waals surface area (Å²) >= 11 is 0. The minimum absolute atomic E-state index is 0.138. The van der Waals surface area contributed by atoms with Gasteiger partial charge in [0.1, 0.15) is 11.5 Å². The second-order valence-electron chi connectivity index (χ2n) is 9.81. The highest BCUT2D eigenvalue weighted by molar-refractivity contribution is 5.94. The van der Waals surface area contributed by atoms with E-state index in [1.807, 2.05) is 34.7 Å². The van der Waals surface area contributed by atoms with Crippen molar-refractivity contribution < 1.29 is 9.18 Å². The molecule has 2 aromatic carbocycles. The molecule has 1 saturated heterocycles. The summed E-state index contributed by atoms with van der Waals surface area (Å²) in [6.07, 6.45) is 3.85. The average Bonchev–Trinajstić information content (AvgIpc) is 3.31. The minimum atomic E-state index is -0.283. The summed E-state index contributed by atoms with van der Waals surface area (Å²) in [5.74, 6) is -0.145. The smallest absolute Gasteiger partial charge is 0.219 e. The van der Waals surface area contributed by atoms with Crippen molar-refractivity contribution in [2.45, 2.75) is 26.8 Å². The molecule has 1 aliphatic rings. The van der Waals surface area contributed by atoms with Crippen LogP contribution in [0.25, 0.3) is 38.9 Å². The van der Waals surface area contributed by atoms with Gasteiger partial charge in [-0.05, 0) is 73.5 Å². The Morgan fingerprint density at radius 2 is 1.81 bits per heavy atom. The van der Waals surface area contributed by atoms with Crippen LogP contribution in [0.3, 0.4) is 0 Å². The Balaban J connectivity index is 1.30.